The summed E-state index contributed by atoms with van der Waals surface area (Å²) < 4.78 is 65.4. The minimum Gasteiger partial charge on any atom is -0.348 e. The van der Waals surface area contributed by atoms with Crippen molar-refractivity contribution in [3.05, 3.63) is 76.7 Å². The highest BCUT2D eigenvalue weighted by Gasteiger charge is 2.31. The Morgan fingerprint density at radius 3 is 2.24 bits per heavy atom. The van der Waals surface area contributed by atoms with Gasteiger partial charge in [-0.2, -0.15) is 18.3 Å². The second kappa shape index (κ2) is 9.94. The molecule has 0 unspecified atom stereocenters. The van der Waals surface area contributed by atoms with Gasteiger partial charge in [0.1, 0.15) is 0 Å². The molecule has 2 aromatic heterocycles. The molecule has 2 N–H and O–H groups in total. The van der Waals surface area contributed by atoms with Crippen molar-refractivity contribution in [2.45, 2.75) is 38.2 Å². The largest absolute Gasteiger partial charge is 0.417 e. The third kappa shape index (κ3) is 6.00. The smallest absolute Gasteiger partial charge is 0.348 e. The van der Waals surface area contributed by atoms with Crippen LogP contribution in [0.5, 0.6) is 0 Å². The number of aromatic nitrogens is 3. The van der Waals surface area contributed by atoms with Crippen molar-refractivity contribution in [3.63, 3.8) is 0 Å². The van der Waals surface area contributed by atoms with Gasteiger partial charge in [-0.1, -0.05) is 38.1 Å². The zero-order chi connectivity index (χ0) is 25.1. The topological polar surface area (TPSA) is 106 Å². The standard InChI is InChI=1S/C22H24F3N5O3S/c1-14(2)20-18(12-29-30(20)19-9-8-17(11-27-19)22(23,24)25)21(31)28-10-15-4-6-16(7-5-15)13-34(32,33)26-3/h4-9,11-12,14,26H,10,13H2,1-3H3,(H,28,31). The lowest BCUT2D eigenvalue weighted by Gasteiger charge is -2.13. The number of carbonyl (C=O) groups is 1. The minimum absolute atomic E-state index is 0.148. The van der Waals surface area contributed by atoms with E-state index in [0.29, 0.717) is 11.3 Å². The van der Waals surface area contributed by atoms with E-state index < -0.39 is 27.7 Å². The molecule has 12 heteroatoms. The Balaban J connectivity index is 1.75. The molecule has 34 heavy (non-hydrogen) atoms. The third-order valence-electron chi connectivity index (χ3n) is 5.03. The van der Waals surface area contributed by atoms with Crippen molar-refractivity contribution in [2.24, 2.45) is 0 Å². The van der Waals surface area contributed by atoms with Crippen molar-refractivity contribution in [1.82, 2.24) is 24.8 Å². The number of benzene rings is 1. The average molecular weight is 496 g/mol. The summed E-state index contributed by atoms with van der Waals surface area (Å²) >= 11 is 0. The lowest BCUT2D eigenvalue weighted by molar-refractivity contribution is -0.137. The van der Waals surface area contributed by atoms with E-state index in [0.717, 1.165) is 17.8 Å². The Labute approximate surface area is 195 Å². The predicted octanol–water partition coefficient (Wildman–Crippen LogP) is 3.39. The van der Waals surface area contributed by atoms with Crippen molar-refractivity contribution in [3.8, 4) is 5.82 Å². The van der Waals surface area contributed by atoms with Gasteiger partial charge in [0.25, 0.3) is 5.91 Å². The van der Waals surface area contributed by atoms with Crippen molar-refractivity contribution in [1.29, 1.82) is 0 Å². The predicted molar refractivity (Wildman–Crippen MR) is 120 cm³/mol. The second-order valence-corrected chi connectivity index (χ2v) is 9.80. The summed E-state index contributed by atoms with van der Waals surface area (Å²) in [6.07, 6.45) is -2.41. The number of pyridine rings is 1. The van der Waals surface area contributed by atoms with Crippen LogP contribution in [-0.2, 0) is 28.5 Å². The Kier molecular flexibility index (Phi) is 7.41. The molecule has 0 radical (unpaired) electrons. The van der Waals surface area contributed by atoms with Gasteiger partial charge >= 0.3 is 6.18 Å². The van der Waals surface area contributed by atoms with Crippen LogP contribution in [0.1, 0.15) is 52.5 Å². The molecule has 1 amide bonds. The summed E-state index contributed by atoms with van der Waals surface area (Å²) in [7, 11) is -2.03. The molecular weight excluding hydrogens is 471 g/mol. The van der Waals surface area contributed by atoms with Crippen LogP contribution in [-0.4, -0.2) is 36.1 Å². The van der Waals surface area contributed by atoms with Gasteiger partial charge in [0, 0.05) is 12.7 Å². The molecule has 0 saturated carbocycles. The fourth-order valence-corrected chi connectivity index (χ4v) is 4.05. The van der Waals surface area contributed by atoms with Crippen LogP contribution in [0.4, 0.5) is 13.2 Å². The molecule has 0 aliphatic heterocycles. The highest BCUT2D eigenvalue weighted by molar-refractivity contribution is 7.88. The van der Waals surface area contributed by atoms with E-state index in [1.54, 1.807) is 24.3 Å². The monoisotopic (exact) mass is 495 g/mol. The fourth-order valence-electron chi connectivity index (χ4n) is 3.27. The number of nitrogens with one attached hydrogen (secondary N) is 2. The number of hydrogen-bond acceptors (Lipinski definition) is 5. The van der Waals surface area contributed by atoms with E-state index in [-0.39, 0.29) is 29.6 Å². The molecule has 0 spiro atoms. The Bertz CT molecular complexity index is 1250. The number of hydrogen-bond donors (Lipinski definition) is 2. The van der Waals surface area contributed by atoms with Crippen LogP contribution in [0.15, 0.2) is 48.8 Å². The maximum Gasteiger partial charge on any atom is 0.417 e. The van der Waals surface area contributed by atoms with E-state index in [2.05, 4.69) is 20.1 Å². The number of rotatable bonds is 8. The first-order chi connectivity index (χ1) is 15.9. The molecule has 0 bridgehead atoms. The zero-order valence-electron chi connectivity index (χ0n) is 18.7. The summed E-state index contributed by atoms with van der Waals surface area (Å²) in [5.41, 5.74) is 1.30. The first-order valence-electron chi connectivity index (χ1n) is 10.3. The highest BCUT2D eigenvalue weighted by Crippen LogP contribution is 2.29. The molecule has 1 aromatic carbocycles. The molecule has 2 heterocycles. The SMILES string of the molecule is CNS(=O)(=O)Cc1ccc(CNC(=O)c2cnn(-c3ccc(C(F)(F)F)cn3)c2C(C)C)cc1. The molecule has 3 rings (SSSR count). The summed E-state index contributed by atoms with van der Waals surface area (Å²) in [5, 5.41) is 6.97. The molecule has 0 saturated heterocycles. The maximum atomic E-state index is 12.8. The lowest BCUT2D eigenvalue weighted by Crippen LogP contribution is -2.24. The van der Waals surface area contributed by atoms with Crippen molar-refractivity contribution < 1.29 is 26.4 Å². The van der Waals surface area contributed by atoms with Crippen molar-refractivity contribution in [2.75, 3.05) is 7.05 Å². The van der Waals surface area contributed by atoms with Gasteiger partial charge in [0.15, 0.2) is 5.82 Å². The van der Waals surface area contributed by atoms with E-state index in [1.165, 1.54) is 24.0 Å². The number of carbonyl (C=O) groups excluding carboxylic acids is 1. The highest BCUT2D eigenvalue weighted by atomic mass is 32.2. The number of nitrogens with zero attached hydrogens (tertiary/aromatic N) is 3. The van der Waals surface area contributed by atoms with Gasteiger partial charge in [-0.15, -0.1) is 0 Å². The summed E-state index contributed by atoms with van der Waals surface area (Å²) in [5.74, 6) is -0.544. The summed E-state index contributed by atoms with van der Waals surface area (Å²) in [6, 6.07) is 8.91. The van der Waals surface area contributed by atoms with E-state index >= 15 is 0 Å². The van der Waals surface area contributed by atoms with Crippen LogP contribution >= 0.6 is 0 Å². The molecule has 0 fully saturated rings. The molecular formula is C22H24F3N5O3S. The van der Waals surface area contributed by atoms with Crippen LogP contribution in [0.2, 0.25) is 0 Å². The Morgan fingerprint density at radius 2 is 1.71 bits per heavy atom. The molecule has 3 aromatic rings. The Morgan fingerprint density at radius 1 is 1.06 bits per heavy atom. The van der Waals surface area contributed by atoms with Gasteiger partial charge in [0.2, 0.25) is 10.0 Å². The first kappa shape index (κ1) is 25.4. The summed E-state index contributed by atoms with van der Waals surface area (Å²) in [6.45, 7) is 3.87. The molecule has 8 nitrogen and oxygen atoms in total. The number of alkyl halides is 3. The van der Waals surface area contributed by atoms with Gasteiger partial charge in [-0.25, -0.2) is 22.8 Å². The molecule has 0 aliphatic rings. The van der Waals surface area contributed by atoms with Crippen LogP contribution in [0, 0.1) is 0 Å². The summed E-state index contributed by atoms with van der Waals surface area (Å²) in [4.78, 5) is 16.7. The van der Waals surface area contributed by atoms with E-state index in [1.807, 2.05) is 13.8 Å². The second-order valence-electron chi connectivity index (χ2n) is 7.88. The fraction of sp³-hybridized carbons (Fsp3) is 0.318. The van der Waals surface area contributed by atoms with E-state index in [4.69, 9.17) is 0 Å². The zero-order valence-corrected chi connectivity index (χ0v) is 19.5. The van der Waals surface area contributed by atoms with Gasteiger partial charge < -0.3 is 5.32 Å². The van der Waals surface area contributed by atoms with Crippen molar-refractivity contribution >= 4 is 15.9 Å². The number of amides is 1. The molecule has 0 atom stereocenters. The first-order valence-corrected chi connectivity index (χ1v) is 12.0. The van der Waals surface area contributed by atoms with Gasteiger partial charge in [-0.05, 0) is 36.2 Å². The van der Waals surface area contributed by atoms with Gasteiger partial charge in [0.05, 0.1) is 28.8 Å². The van der Waals surface area contributed by atoms with Gasteiger partial charge in [-0.3, -0.25) is 4.79 Å². The molecule has 182 valence electrons. The quantitative estimate of drug-likeness (QED) is 0.498. The van der Waals surface area contributed by atoms with E-state index in [9.17, 15) is 26.4 Å². The lowest BCUT2D eigenvalue weighted by atomic mass is 10.1. The molecule has 0 aliphatic carbocycles. The maximum absolute atomic E-state index is 12.8. The van der Waals surface area contributed by atoms with Crippen LogP contribution < -0.4 is 10.0 Å². The number of halogens is 3. The van der Waals surface area contributed by atoms with Crippen LogP contribution in [0.25, 0.3) is 5.82 Å². The third-order valence-corrected chi connectivity index (χ3v) is 6.37. The van der Waals surface area contributed by atoms with Crippen LogP contribution in [0.3, 0.4) is 0 Å². The Hall–Kier alpha value is -3.25. The average Bonchev–Trinajstić information content (AvgIpc) is 3.23. The normalized spacial score (nSPS) is 12.2. The number of sulfonamides is 1. The minimum atomic E-state index is -4.50.